The maximum atomic E-state index is 12.9. The predicted molar refractivity (Wildman–Crippen MR) is 81.2 cm³/mol. The van der Waals surface area contributed by atoms with Crippen LogP contribution < -0.4 is 5.32 Å². The van der Waals surface area contributed by atoms with Crippen LogP contribution in [0.2, 0.25) is 0 Å². The van der Waals surface area contributed by atoms with Crippen LogP contribution in [0.1, 0.15) is 19.8 Å². The van der Waals surface area contributed by atoms with E-state index in [9.17, 15) is 9.59 Å². The highest BCUT2D eigenvalue weighted by molar-refractivity contribution is 5.97. The number of ether oxygens (including phenoxy) is 3. The molecular weight excluding hydrogens is 300 g/mol. The van der Waals surface area contributed by atoms with E-state index in [1.165, 1.54) is 7.11 Å². The van der Waals surface area contributed by atoms with E-state index in [4.69, 9.17) is 14.2 Å². The normalized spacial score (nSPS) is 26.5. The molecule has 0 spiro atoms. The van der Waals surface area contributed by atoms with Crippen molar-refractivity contribution in [2.24, 2.45) is 0 Å². The van der Waals surface area contributed by atoms with Crippen molar-refractivity contribution in [3.05, 3.63) is 23.1 Å². The molecule has 0 aliphatic carbocycles. The molecule has 126 valence electrons. The van der Waals surface area contributed by atoms with Crippen molar-refractivity contribution < 1.29 is 23.8 Å². The van der Waals surface area contributed by atoms with Crippen LogP contribution in [0.5, 0.6) is 0 Å². The Morgan fingerprint density at radius 3 is 2.65 bits per heavy atom. The number of rotatable bonds is 4. The Morgan fingerprint density at radius 2 is 2.04 bits per heavy atom. The third kappa shape index (κ3) is 2.93. The first-order valence-corrected chi connectivity index (χ1v) is 7.96. The second-order valence-electron chi connectivity index (χ2n) is 5.81. The van der Waals surface area contributed by atoms with Crippen LogP contribution in [0.25, 0.3) is 0 Å². The molecule has 1 amide bonds. The first-order valence-electron chi connectivity index (χ1n) is 7.96. The number of nitrogens with zero attached hydrogens (tertiary/aromatic N) is 1. The number of esters is 1. The van der Waals surface area contributed by atoms with Crippen LogP contribution in [-0.4, -0.2) is 62.3 Å². The Kier molecular flexibility index (Phi) is 4.56. The van der Waals surface area contributed by atoms with Gasteiger partial charge in [-0.1, -0.05) is 0 Å². The fourth-order valence-electron chi connectivity index (χ4n) is 3.36. The molecule has 3 aliphatic rings. The molecule has 3 aliphatic heterocycles. The van der Waals surface area contributed by atoms with Gasteiger partial charge in [-0.15, -0.1) is 0 Å². The molecule has 0 saturated carbocycles. The van der Waals surface area contributed by atoms with Crippen LogP contribution in [0.4, 0.5) is 0 Å². The highest BCUT2D eigenvalue weighted by Crippen LogP contribution is 2.30. The van der Waals surface area contributed by atoms with Gasteiger partial charge in [0.05, 0.1) is 51.1 Å². The van der Waals surface area contributed by atoms with Crippen LogP contribution >= 0.6 is 0 Å². The number of allylic oxidation sites excluding steroid dienone is 1. The van der Waals surface area contributed by atoms with Crippen molar-refractivity contribution in [3.63, 3.8) is 0 Å². The van der Waals surface area contributed by atoms with Crippen LogP contribution in [0, 0.1) is 0 Å². The number of morpholine rings is 1. The number of methoxy groups -OCH3 is 1. The number of hydrogen-bond acceptors (Lipinski definition) is 6. The fraction of sp³-hybridized carbons (Fsp3) is 0.625. The fourth-order valence-corrected chi connectivity index (χ4v) is 3.36. The number of nitrogens with one attached hydrogen (secondary N) is 1. The minimum Gasteiger partial charge on any atom is -0.493 e. The molecule has 0 aromatic carbocycles. The van der Waals surface area contributed by atoms with Gasteiger partial charge in [0.25, 0.3) is 5.91 Å². The van der Waals surface area contributed by atoms with Crippen molar-refractivity contribution in [1.82, 2.24) is 10.2 Å². The number of hydrogen-bond donors (Lipinski definition) is 1. The van der Waals surface area contributed by atoms with Gasteiger partial charge in [-0.3, -0.25) is 4.79 Å². The highest BCUT2D eigenvalue weighted by Gasteiger charge is 2.41. The van der Waals surface area contributed by atoms with Gasteiger partial charge in [-0.2, -0.15) is 0 Å². The van der Waals surface area contributed by atoms with Gasteiger partial charge in [0, 0.05) is 6.08 Å². The molecule has 0 aromatic heterocycles. The maximum Gasteiger partial charge on any atom is 0.339 e. The summed E-state index contributed by atoms with van der Waals surface area (Å²) in [6, 6.07) is 0.288. The second-order valence-corrected chi connectivity index (χ2v) is 5.81. The Bertz CT molecular complexity index is 553. The lowest BCUT2D eigenvalue weighted by molar-refractivity contribution is -0.138. The monoisotopic (exact) mass is 322 g/mol. The summed E-state index contributed by atoms with van der Waals surface area (Å²) in [4.78, 5) is 26.6. The van der Waals surface area contributed by atoms with Crippen LogP contribution in [0.15, 0.2) is 23.1 Å². The molecule has 2 atom stereocenters. The lowest BCUT2D eigenvalue weighted by Crippen LogP contribution is -2.51. The van der Waals surface area contributed by atoms with Gasteiger partial charge in [0.15, 0.2) is 0 Å². The van der Waals surface area contributed by atoms with E-state index in [1.54, 1.807) is 6.08 Å². The van der Waals surface area contributed by atoms with E-state index in [0.29, 0.717) is 36.8 Å². The molecule has 2 fully saturated rings. The van der Waals surface area contributed by atoms with E-state index in [1.807, 2.05) is 11.8 Å². The SMILES string of the molecule is CCOC1=C(C(=O)OC)CNC(C(=O)N2C3CCC2COC3)=C1. The summed E-state index contributed by atoms with van der Waals surface area (Å²) in [5.74, 6) is -0.0980. The molecule has 3 heterocycles. The summed E-state index contributed by atoms with van der Waals surface area (Å²) in [5.41, 5.74) is 0.857. The van der Waals surface area contributed by atoms with E-state index < -0.39 is 5.97 Å². The smallest absolute Gasteiger partial charge is 0.339 e. The van der Waals surface area contributed by atoms with Gasteiger partial charge >= 0.3 is 5.97 Å². The molecule has 23 heavy (non-hydrogen) atoms. The minimum atomic E-state index is -0.449. The van der Waals surface area contributed by atoms with Gasteiger partial charge < -0.3 is 24.4 Å². The zero-order valence-corrected chi connectivity index (χ0v) is 13.5. The van der Waals surface area contributed by atoms with E-state index in [-0.39, 0.29) is 24.5 Å². The van der Waals surface area contributed by atoms with Gasteiger partial charge in [0.1, 0.15) is 11.5 Å². The Hall–Kier alpha value is -2.02. The summed E-state index contributed by atoms with van der Waals surface area (Å²) in [6.45, 7) is 3.66. The number of amides is 1. The van der Waals surface area contributed by atoms with Crippen molar-refractivity contribution in [2.75, 3.05) is 33.5 Å². The quantitative estimate of drug-likeness (QED) is 0.752. The summed E-state index contributed by atoms with van der Waals surface area (Å²) in [7, 11) is 1.33. The molecule has 2 bridgehead atoms. The van der Waals surface area contributed by atoms with Crippen molar-refractivity contribution >= 4 is 11.9 Å². The van der Waals surface area contributed by atoms with Crippen molar-refractivity contribution in [3.8, 4) is 0 Å². The summed E-state index contributed by atoms with van der Waals surface area (Å²) in [5, 5.41) is 3.03. The van der Waals surface area contributed by atoms with Crippen molar-refractivity contribution in [2.45, 2.75) is 31.8 Å². The average molecular weight is 322 g/mol. The summed E-state index contributed by atoms with van der Waals surface area (Å²) in [6.07, 6.45) is 3.56. The van der Waals surface area contributed by atoms with E-state index in [0.717, 1.165) is 12.8 Å². The maximum absolute atomic E-state index is 12.9. The summed E-state index contributed by atoms with van der Waals surface area (Å²) < 4.78 is 15.8. The number of dihydropyridines is 1. The third-order valence-corrected chi connectivity index (χ3v) is 4.47. The molecular formula is C16H22N2O5. The zero-order chi connectivity index (χ0) is 16.4. The van der Waals surface area contributed by atoms with Gasteiger partial charge in [-0.05, 0) is 19.8 Å². The number of fused-ring (bicyclic) bond motifs is 2. The van der Waals surface area contributed by atoms with Crippen molar-refractivity contribution in [1.29, 1.82) is 0 Å². The molecule has 7 nitrogen and oxygen atoms in total. The Labute approximate surface area is 135 Å². The molecule has 1 N–H and O–H groups in total. The van der Waals surface area contributed by atoms with Crippen LogP contribution in [0.3, 0.4) is 0 Å². The molecule has 3 rings (SSSR count). The second kappa shape index (κ2) is 6.62. The first-order chi connectivity index (χ1) is 11.2. The van der Waals surface area contributed by atoms with Gasteiger partial charge in [0.2, 0.25) is 0 Å². The largest absolute Gasteiger partial charge is 0.493 e. The van der Waals surface area contributed by atoms with E-state index in [2.05, 4.69) is 5.32 Å². The topological polar surface area (TPSA) is 77.1 Å². The number of carbonyl (C=O) groups excluding carboxylic acids is 2. The molecule has 2 unspecified atom stereocenters. The molecule has 7 heteroatoms. The highest BCUT2D eigenvalue weighted by atomic mass is 16.5. The zero-order valence-electron chi connectivity index (χ0n) is 13.5. The van der Waals surface area contributed by atoms with E-state index >= 15 is 0 Å². The standard InChI is InChI=1S/C16H22N2O5/c1-3-23-14-6-13(17-7-12(14)16(20)21-2)15(19)18-10-4-5-11(18)9-22-8-10/h6,10-11,17H,3-5,7-9H2,1-2H3. The van der Waals surface area contributed by atoms with Crippen LogP contribution in [-0.2, 0) is 23.8 Å². The summed E-state index contributed by atoms with van der Waals surface area (Å²) >= 11 is 0. The molecule has 0 aromatic rings. The predicted octanol–water partition coefficient (Wildman–Crippen LogP) is 0.327. The molecule has 0 radical (unpaired) electrons. The third-order valence-electron chi connectivity index (χ3n) is 4.47. The lowest BCUT2D eigenvalue weighted by atomic mass is 10.1. The number of carbonyl (C=O) groups is 2. The average Bonchev–Trinajstić information content (AvgIpc) is 2.82. The Balaban J connectivity index is 1.84. The lowest BCUT2D eigenvalue weighted by Gasteiger charge is -2.35. The minimum absolute atomic E-state index is 0.0538. The Morgan fingerprint density at radius 1 is 1.35 bits per heavy atom. The van der Waals surface area contributed by atoms with Gasteiger partial charge in [-0.25, -0.2) is 4.79 Å². The molecule has 2 saturated heterocycles. The first kappa shape index (κ1) is 15.9.